The van der Waals surface area contributed by atoms with Crippen LogP contribution < -0.4 is 4.74 Å². The molecule has 0 atom stereocenters. The van der Waals surface area contributed by atoms with Crippen molar-refractivity contribution in [1.82, 2.24) is 14.8 Å². The number of hydrogen-bond acceptors (Lipinski definition) is 3. The van der Waals surface area contributed by atoms with E-state index in [-0.39, 0.29) is 18.5 Å². The molecule has 116 valence electrons. The topological polar surface area (TPSA) is 48.6 Å². The van der Waals surface area contributed by atoms with Crippen LogP contribution in [0.5, 0.6) is 5.75 Å². The van der Waals surface area contributed by atoms with Crippen molar-refractivity contribution in [2.24, 2.45) is 0 Å². The predicted octanol–water partition coefficient (Wildman–Crippen LogP) is 3.10. The van der Waals surface area contributed by atoms with Crippen LogP contribution in [-0.2, 0) is 6.54 Å². The van der Waals surface area contributed by atoms with E-state index in [0.717, 1.165) is 17.4 Å². The average molecular weight is 312 g/mol. The molecule has 1 aromatic carbocycles. The maximum Gasteiger partial charge on any atom is 0.414 e. The fourth-order valence-electron chi connectivity index (χ4n) is 2.01. The summed E-state index contributed by atoms with van der Waals surface area (Å²) in [6.45, 7) is 3.40. The number of nitrogens with zero attached hydrogens (tertiary/aromatic N) is 2. The summed E-state index contributed by atoms with van der Waals surface area (Å²) in [5.41, 5.74) is 2.21. The van der Waals surface area contributed by atoms with Gasteiger partial charge in [0.2, 0.25) is 0 Å². The molecule has 0 aliphatic carbocycles. The fourth-order valence-corrected chi connectivity index (χ4v) is 2.01. The number of benzene rings is 1. The lowest BCUT2D eigenvalue weighted by atomic mass is 10.1. The van der Waals surface area contributed by atoms with Crippen LogP contribution in [0.1, 0.15) is 12.5 Å². The van der Waals surface area contributed by atoms with E-state index in [1.54, 1.807) is 7.05 Å². The number of rotatable bonds is 4. The van der Waals surface area contributed by atoms with Gasteiger partial charge in [0.1, 0.15) is 5.75 Å². The van der Waals surface area contributed by atoms with Crippen molar-refractivity contribution in [2.75, 3.05) is 27.7 Å². The first kappa shape index (κ1) is 17.3. The Labute approximate surface area is 131 Å². The molecule has 6 heteroatoms. The predicted molar refractivity (Wildman–Crippen MR) is 87.3 cm³/mol. The quantitative estimate of drug-likeness (QED) is 0.944. The number of H-pyrrole nitrogens is 1. The van der Waals surface area contributed by atoms with Crippen molar-refractivity contribution in [3.63, 3.8) is 0 Å². The zero-order chi connectivity index (χ0) is 14.7. The Hall–Kier alpha value is -1.72. The third-order valence-electron chi connectivity index (χ3n) is 3.22. The second-order valence-corrected chi connectivity index (χ2v) is 5.14. The highest BCUT2D eigenvalue weighted by Crippen LogP contribution is 2.24. The molecule has 0 unspecified atom stereocenters. The summed E-state index contributed by atoms with van der Waals surface area (Å²) in [6.07, 6.45) is 1.65. The molecular formula is C15H22ClN3O2. The standard InChI is InChI=1S/C15H21N3O2.ClH/c1-5-18(4)15(19)20-12-6-7-13-11(10-17(2)3)9-16-14(13)8-12;/h6-9,16H,5,10H2,1-4H3;1H. The summed E-state index contributed by atoms with van der Waals surface area (Å²) < 4.78 is 5.32. The lowest BCUT2D eigenvalue weighted by Crippen LogP contribution is -2.29. The fraction of sp³-hybridized carbons (Fsp3) is 0.400. The first-order chi connectivity index (χ1) is 9.51. The molecule has 21 heavy (non-hydrogen) atoms. The smallest absolute Gasteiger partial charge is 0.410 e. The van der Waals surface area contributed by atoms with Crippen LogP contribution in [0.15, 0.2) is 24.4 Å². The molecule has 1 amide bonds. The number of aromatic nitrogens is 1. The van der Waals surface area contributed by atoms with Crippen molar-refractivity contribution in [3.05, 3.63) is 30.0 Å². The number of carbonyl (C=O) groups excluding carboxylic acids is 1. The molecule has 0 aliphatic heterocycles. The van der Waals surface area contributed by atoms with Gasteiger partial charge in [0.25, 0.3) is 0 Å². The molecule has 5 nitrogen and oxygen atoms in total. The maximum atomic E-state index is 11.7. The van der Waals surface area contributed by atoms with Gasteiger partial charge in [0, 0.05) is 43.3 Å². The lowest BCUT2D eigenvalue weighted by molar-refractivity contribution is 0.165. The van der Waals surface area contributed by atoms with Gasteiger partial charge < -0.3 is 19.5 Å². The molecule has 0 bridgehead atoms. The van der Waals surface area contributed by atoms with E-state index in [2.05, 4.69) is 9.88 Å². The second kappa shape index (κ2) is 7.33. The van der Waals surface area contributed by atoms with E-state index < -0.39 is 0 Å². The van der Waals surface area contributed by atoms with Gasteiger partial charge in [0.05, 0.1) is 0 Å². The van der Waals surface area contributed by atoms with E-state index in [4.69, 9.17) is 4.74 Å². The summed E-state index contributed by atoms with van der Waals surface area (Å²) in [4.78, 5) is 18.6. The molecule has 0 aliphatic rings. The lowest BCUT2D eigenvalue weighted by Gasteiger charge is -2.14. The Morgan fingerprint density at radius 2 is 2.00 bits per heavy atom. The van der Waals surface area contributed by atoms with Crippen LogP contribution in [0.3, 0.4) is 0 Å². The minimum Gasteiger partial charge on any atom is -0.410 e. The van der Waals surface area contributed by atoms with Crippen LogP contribution in [0, 0.1) is 0 Å². The first-order valence-electron chi connectivity index (χ1n) is 6.69. The Morgan fingerprint density at radius 1 is 1.29 bits per heavy atom. The summed E-state index contributed by atoms with van der Waals surface area (Å²) in [6, 6.07) is 5.67. The van der Waals surface area contributed by atoms with Crippen molar-refractivity contribution in [1.29, 1.82) is 0 Å². The number of halogens is 1. The van der Waals surface area contributed by atoms with Gasteiger partial charge in [0.15, 0.2) is 0 Å². The zero-order valence-electron chi connectivity index (χ0n) is 12.8. The summed E-state index contributed by atoms with van der Waals surface area (Å²) in [5, 5.41) is 1.15. The molecule has 1 heterocycles. The number of hydrogen-bond donors (Lipinski definition) is 1. The van der Waals surface area contributed by atoms with Crippen LogP contribution >= 0.6 is 12.4 Å². The van der Waals surface area contributed by atoms with Gasteiger partial charge in [-0.1, -0.05) is 0 Å². The zero-order valence-corrected chi connectivity index (χ0v) is 13.7. The number of nitrogens with one attached hydrogen (secondary N) is 1. The van der Waals surface area contributed by atoms with Gasteiger partial charge in [-0.05, 0) is 38.7 Å². The molecule has 1 aromatic heterocycles. The monoisotopic (exact) mass is 311 g/mol. The summed E-state index contributed by atoms with van der Waals surface area (Å²) >= 11 is 0. The molecular weight excluding hydrogens is 290 g/mol. The van der Waals surface area contributed by atoms with Crippen molar-refractivity contribution in [2.45, 2.75) is 13.5 Å². The number of ether oxygens (including phenoxy) is 1. The van der Waals surface area contributed by atoms with E-state index in [0.29, 0.717) is 12.3 Å². The van der Waals surface area contributed by atoms with Crippen LogP contribution in [-0.4, -0.2) is 48.6 Å². The second-order valence-electron chi connectivity index (χ2n) is 5.14. The van der Waals surface area contributed by atoms with Crippen LogP contribution in [0.4, 0.5) is 4.79 Å². The maximum absolute atomic E-state index is 11.7. The molecule has 1 N–H and O–H groups in total. The molecule has 0 spiro atoms. The third-order valence-corrected chi connectivity index (χ3v) is 3.22. The Kier molecular flexibility index (Phi) is 6.05. The molecule has 0 fully saturated rings. The summed E-state index contributed by atoms with van der Waals surface area (Å²) in [7, 11) is 5.79. The van der Waals surface area contributed by atoms with E-state index >= 15 is 0 Å². The Balaban J connectivity index is 0.00000220. The van der Waals surface area contributed by atoms with Gasteiger partial charge in [-0.3, -0.25) is 0 Å². The highest BCUT2D eigenvalue weighted by molar-refractivity contribution is 5.85. The van der Waals surface area contributed by atoms with Gasteiger partial charge >= 0.3 is 6.09 Å². The van der Waals surface area contributed by atoms with E-state index in [9.17, 15) is 4.79 Å². The van der Waals surface area contributed by atoms with Gasteiger partial charge in [-0.2, -0.15) is 0 Å². The van der Waals surface area contributed by atoms with E-state index in [1.165, 1.54) is 10.5 Å². The normalized spacial score (nSPS) is 10.5. The minimum atomic E-state index is -0.341. The molecule has 2 aromatic rings. The third kappa shape index (κ3) is 4.12. The van der Waals surface area contributed by atoms with E-state index in [1.807, 2.05) is 45.4 Å². The average Bonchev–Trinajstić information content (AvgIpc) is 2.79. The van der Waals surface area contributed by atoms with Crippen molar-refractivity contribution in [3.8, 4) is 5.75 Å². The van der Waals surface area contributed by atoms with Gasteiger partial charge in [-0.25, -0.2) is 4.79 Å². The summed E-state index contributed by atoms with van der Waals surface area (Å²) in [5.74, 6) is 0.557. The molecule has 0 radical (unpaired) electrons. The Morgan fingerprint density at radius 3 is 2.62 bits per heavy atom. The van der Waals surface area contributed by atoms with Crippen molar-refractivity contribution >= 4 is 29.4 Å². The number of carbonyl (C=O) groups is 1. The van der Waals surface area contributed by atoms with Crippen LogP contribution in [0.25, 0.3) is 10.9 Å². The SMILES string of the molecule is CCN(C)C(=O)Oc1ccc2c(CN(C)C)c[nH]c2c1.Cl. The first-order valence-corrected chi connectivity index (χ1v) is 6.69. The number of aromatic amines is 1. The van der Waals surface area contributed by atoms with Crippen molar-refractivity contribution < 1.29 is 9.53 Å². The molecule has 2 rings (SSSR count). The number of amides is 1. The number of fused-ring (bicyclic) bond motifs is 1. The highest BCUT2D eigenvalue weighted by Gasteiger charge is 2.11. The van der Waals surface area contributed by atoms with Gasteiger partial charge in [-0.15, -0.1) is 12.4 Å². The minimum absolute atomic E-state index is 0. The molecule has 0 saturated heterocycles. The molecule has 0 saturated carbocycles. The highest BCUT2D eigenvalue weighted by atomic mass is 35.5. The largest absolute Gasteiger partial charge is 0.414 e. The van der Waals surface area contributed by atoms with Crippen LogP contribution in [0.2, 0.25) is 0 Å². The Bertz CT molecular complexity index is 610.